The van der Waals surface area contributed by atoms with Crippen molar-refractivity contribution in [2.75, 3.05) is 52.9 Å². The second-order valence-corrected chi connectivity index (χ2v) is 22.2. The fourth-order valence-electron chi connectivity index (χ4n) is 11.2. The molecule has 22 N–H and O–H groups in total. The second-order valence-electron chi connectivity index (χ2n) is 22.2. The maximum Gasteiger partial charge on any atom is 0.187 e. The van der Waals surface area contributed by atoms with Gasteiger partial charge in [-0.15, -0.1) is 0 Å². The molecule has 0 aromatic rings. The first-order chi connectivity index (χ1) is 41.0. The summed E-state index contributed by atoms with van der Waals surface area (Å²) in [7, 11) is 0. The van der Waals surface area contributed by atoms with E-state index in [0.29, 0.717) is 6.42 Å². The molecule has 0 saturated carbocycles. The van der Waals surface area contributed by atoms with Gasteiger partial charge >= 0.3 is 0 Å². The molecule has 36 nitrogen and oxygen atoms in total. The van der Waals surface area contributed by atoms with E-state index in [1.54, 1.807) is 0 Å². The number of rotatable bonds is 27. The summed E-state index contributed by atoms with van der Waals surface area (Å²) in [5.74, 6) is 0. The quantitative estimate of drug-likeness (QED) is 0.0340. The Hall–Kier alpha value is -1.44. The molecule has 36 heteroatoms. The summed E-state index contributed by atoms with van der Waals surface area (Å²) in [6.07, 6.45) is -60.4. The maximum absolute atomic E-state index is 11.4. The highest BCUT2D eigenvalue weighted by Gasteiger charge is 2.58. The van der Waals surface area contributed by atoms with E-state index in [1.807, 2.05) is 0 Å². The van der Waals surface area contributed by atoms with Crippen LogP contribution < -0.4 is 0 Å². The highest BCUT2D eigenvalue weighted by atomic mass is 16.8. The minimum absolute atomic E-state index is 0.172. The van der Waals surface area contributed by atoms with Crippen molar-refractivity contribution < 1.29 is 179 Å². The lowest BCUT2D eigenvalue weighted by atomic mass is 9.95. The third-order valence-electron chi connectivity index (χ3n) is 16.3. The first kappa shape index (κ1) is 72.0. The van der Waals surface area contributed by atoms with Crippen LogP contribution in [0.5, 0.6) is 0 Å². The van der Waals surface area contributed by atoms with Crippen LogP contribution in [0.15, 0.2) is 0 Å². The van der Waals surface area contributed by atoms with Crippen molar-refractivity contribution in [1.82, 2.24) is 0 Å². The number of unbranched alkanes of at least 4 members (excludes halogenated alkanes) is 5. The molecular formula is C50H88O36. The van der Waals surface area contributed by atoms with Crippen LogP contribution in [0.4, 0.5) is 0 Å². The van der Waals surface area contributed by atoms with Crippen molar-refractivity contribution in [2.45, 2.75) is 260 Å². The van der Waals surface area contributed by atoms with Crippen LogP contribution in [0.25, 0.3) is 0 Å². The SMILES string of the molecule is CCCCCCCCO[C@@H]1O[C@H](CO)[C@@H](O[C@@H]2O[C@H](CO)[C@@H](O[C@@H]3O[C@H](CO)[C@@H](O[C@@H]4O[C@H](CO)[C@@H](O[C@@H]5O[C@H](CO)[C@@H](O[C@@H]6O[C@H](CO)[C@@H](O[C@@H]7O[C@H](CO)[C@@H](O)[C@H](O)[C@H]7O)[C@H](O)[C@H]6O)[C@H](O)[C@H]5O)[C@H](O)[C@H]4O)[C@H](O)[C@H]3O)[C@H](O)[C@H]2O)[C@H](O)[C@H]1O. The summed E-state index contributed by atoms with van der Waals surface area (Å²) in [4.78, 5) is 0. The van der Waals surface area contributed by atoms with Gasteiger partial charge in [0.1, 0.15) is 171 Å². The molecule has 7 aliphatic rings. The van der Waals surface area contributed by atoms with Gasteiger partial charge in [0.25, 0.3) is 0 Å². The number of aliphatic hydroxyl groups excluding tert-OH is 22. The van der Waals surface area contributed by atoms with Crippen LogP contribution in [0, 0.1) is 0 Å². The molecule has 0 unspecified atom stereocenters. The standard InChI is InChI=1S/C50H88O36/c1-2-3-4-5-6-7-8-73-44-32(67)25(60)38(17(10-52)75-44)82-46-34(69)27(62)40(19(12-54)77-46)84-48-36(71)29(64)42(21(14-56)79-48)86-50-37(72)30(65)43(22(15-57)80-50)85-49-35(70)28(63)41(20(13-55)78-49)83-47-33(68)26(61)39(18(11-53)76-47)81-45-31(66)24(59)23(58)16(9-51)74-45/h16-72H,2-15H2,1H3/t16-,17-,18-,19-,20-,21-,22-,23-,24+,25-,26-,27-,28-,29-,30-,31-,32-,33-,34-,35-,36-,37-,38-,39-,40-,41-,42-,43-,44-,45+,46+,47+,48+,49+,50+/m1/s1. The van der Waals surface area contributed by atoms with E-state index in [0.717, 1.165) is 32.1 Å². The van der Waals surface area contributed by atoms with Crippen LogP contribution in [0.1, 0.15) is 45.4 Å². The Kier molecular flexibility index (Phi) is 27.5. The van der Waals surface area contributed by atoms with E-state index in [4.69, 9.17) is 66.3 Å². The van der Waals surface area contributed by atoms with Gasteiger partial charge in [0.05, 0.1) is 46.2 Å². The Balaban J connectivity index is 0.922. The van der Waals surface area contributed by atoms with Crippen LogP contribution >= 0.6 is 0 Å². The van der Waals surface area contributed by atoms with Crippen molar-refractivity contribution in [1.29, 1.82) is 0 Å². The number of hydrogen-bond donors (Lipinski definition) is 22. The number of hydrogen-bond acceptors (Lipinski definition) is 36. The molecule has 504 valence electrons. The molecule has 7 rings (SSSR count). The smallest absolute Gasteiger partial charge is 0.187 e. The van der Waals surface area contributed by atoms with Gasteiger partial charge in [-0.3, -0.25) is 0 Å². The Bertz CT molecular complexity index is 1950. The van der Waals surface area contributed by atoms with Crippen LogP contribution in [0.2, 0.25) is 0 Å². The minimum Gasteiger partial charge on any atom is -0.394 e. The molecule has 0 aromatic carbocycles. The summed E-state index contributed by atoms with van der Waals surface area (Å²) in [6, 6.07) is 0. The highest BCUT2D eigenvalue weighted by molar-refractivity contribution is 5.01. The van der Waals surface area contributed by atoms with Crippen molar-refractivity contribution in [3.8, 4) is 0 Å². The fourth-order valence-corrected chi connectivity index (χ4v) is 11.2. The molecule has 7 saturated heterocycles. The average Bonchev–Trinajstić information content (AvgIpc) is 1.30. The monoisotopic (exact) mass is 1260 g/mol. The predicted molar refractivity (Wildman–Crippen MR) is 269 cm³/mol. The first-order valence-electron chi connectivity index (χ1n) is 28.6. The zero-order valence-electron chi connectivity index (χ0n) is 46.7. The van der Waals surface area contributed by atoms with Gasteiger partial charge in [0, 0.05) is 6.61 Å². The van der Waals surface area contributed by atoms with Gasteiger partial charge in [-0.2, -0.15) is 0 Å². The van der Waals surface area contributed by atoms with E-state index >= 15 is 0 Å². The first-order valence-corrected chi connectivity index (χ1v) is 28.6. The summed E-state index contributed by atoms with van der Waals surface area (Å²) in [5.41, 5.74) is 0. The Morgan fingerprint density at radius 3 is 0.698 bits per heavy atom. The lowest BCUT2D eigenvalue weighted by Gasteiger charge is -2.50. The Labute approximate surface area is 491 Å². The van der Waals surface area contributed by atoms with Crippen LogP contribution in [-0.4, -0.2) is 380 Å². The largest absolute Gasteiger partial charge is 0.394 e. The van der Waals surface area contributed by atoms with Crippen molar-refractivity contribution in [3.05, 3.63) is 0 Å². The van der Waals surface area contributed by atoms with Crippen molar-refractivity contribution >= 4 is 0 Å². The van der Waals surface area contributed by atoms with E-state index in [-0.39, 0.29) is 6.61 Å². The van der Waals surface area contributed by atoms with Gasteiger partial charge < -0.3 is 179 Å². The van der Waals surface area contributed by atoms with Gasteiger partial charge in [0.2, 0.25) is 0 Å². The lowest BCUT2D eigenvalue weighted by Crippen LogP contribution is -2.68. The Morgan fingerprint density at radius 2 is 0.442 bits per heavy atom. The molecule has 7 aliphatic heterocycles. The van der Waals surface area contributed by atoms with E-state index in [9.17, 15) is 112 Å². The van der Waals surface area contributed by atoms with Gasteiger partial charge in [0.15, 0.2) is 44.0 Å². The predicted octanol–water partition coefficient (Wildman–Crippen LogP) is -12.9. The summed E-state index contributed by atoms with van der Waals surface area (Å²) < 4.78 is 79.0. The highest BCUT2D eigenvalue weighted by Crippen LogP contribution is 2.38. The van der Waals surface area contributed by atoms with Crippen molar-refractivity contribution in [2.24, 2.45) is 0 Å². The summed E-state index contributed by atoms with van der Waals surface area (Å²) in [6.45, 7) is -4.45. The van der Waals surface area contributed by atoms with E-state index in [2.05, 4.69) is 6.92 Å². The fraction of sp³-hybridized carbons (Fsp3) is 1.00. The van der Waals surface area contributed by atoms with Crippen LogP contribution in [0.3, 0.4) is 0 Å². The molecule has 0 radical (unpaired) electrons. The third-order valence-corrected chi connectivity index (χ3v) is 16.3. The topological polar surface area (TPSA) is 574 Å². The number of aliphatic hydroxyl groups is 22. The van der Waals surface area contributed by atoms with Crippen molar-refractivity contribution in [3.63, 3.8) is 0 Å². The molecule has 7 heterocycles. The Morgan fingerprint density at radius 1 is 0.233 bits per heavy atom. The molecule has 0 spiro atoms. The molecular weight excluding hydrogens is 1180 g/mol. The van der Waals surface area contributed by atoms with Gasteiger partial charge in [-0.25, -0.2) is 0 Å². The maximum atomic E-state index is 11.4. The summed E-state index contributed by atoms with van der Waals surface area (Å²) >= 11 is 0. The normalized spacial score (nSPS) is 49.6. The van der Waals surface area contributed by atoms with Crippen LogP contribution in [-0.2, 0) is 66.3 Å². The molecule has 0 aliphatic carbocycles. The average molecular weight is 1270 g/mol. The molecule has 86 heavy (non-hydrogen) atoms. The molecule has 0 bridgehead atoms. The molecule has 7 fully saturated rings. The zero-order valence-corrected chi connectivity index (χ0v) is 46.7. The zero-order chi connectivity index (χ0) is 63.0. The van der Waals surface area contributed by atoms with E-state index in [1.165, 1.54) is 0 Å². The molecule has 0 amide bonds. The lowest BCUT2D eigenvalue weighted by molar-refractivity contribution is -0.398. The molecule has 0 aromatic heterocycles. The van der Waals surface area contributed by atoms with E-state index < -0.39 is 261 Å². The third kappa shape index (κ3) is 15.9. The summed E-state index contributed by atoms with van der Waals surface area (Å²) in [5, 5.41) is 236. The second kappa shape index (κ2) is 32.9. The van der Waals surface area contributed by atoms with Gasteiger partial charge in [-0.1, -0.05) is 39.0 Å². The number of ether oxygens (including phenoxy) is 14. The van der Waals surface area contributed by atoms with Gasteiger partial charge in [-0.05, 0) is 6.42 Å². The minimum atomic E-state index is -2.22. The molecule has 35 atom stereocenters.